The van der Waals surface area contributed by atoms with Gasteiger partial charge in [-0.15, -0.1) is 0 Å². The van der Waals surface area contributed by atoms with Crippen molar-refractivity contribution < 1.29 is 9.50 Å². The topological polar surface area (TPSA) is 32.3 Å². The van der Waals surface area contributed by atoms with Crippen LogP contribution < -0.4 is 5.32 Å². The summed E-state index contributed by atoms with van der Waals surface area (Å²) in [6.07, 6.45) is 0. The predicted octanol–water partition coefficient (Wildman–Crippen LogP) is 4.45. The zero-order valence-electron chi connectivity index (χ0n) is 9.25. The molecule has 0 aromatic heterocycles. The average molecular weight is 286 g/mol. The molecule has 0 saturated carbocycles. The molecule has 0 aliphatic rings. The van der Waals surface area contributed by atoms with Crippen molar-refractivity contribution >= 4 is 28.9 Å². The first-order chi connectivity index (χ1) is 8.58. The summed E-state index contributed by atoms with van der Waals surface area (Å²) in [5.41, 5.74) is 1.24. The van der Waals surface area contributed by atoms with Crippen LogP contribution in [0.15, 0.2) is 36.4 Å². The third kappa shape index (κ3) is 2.86. The molecule has 2 nitrogen and oxygen atoms in total. The smallest absolute Gasteiger partial charge is 0.139 e. The monoisotopic (exact) mass is 285 g/mol. The van der Waals surface area contributed by atoms with Gasteiger partial charge in [-0.25, -0.2) is 4.39 Å². The summed E-state index contributed by atoms with van der Waals surface area (Å²) >= 11 is 11.7. The highest BCUT2D eigenvalue weighted by molar-refractivity contribution is 6.33. The first-order valence-electron chi connectivity index (χ1n) is 5.23. The van der Waals surface area contributed by atoms with Gasteiger partial charge < -0.3 is 10.4 Å². The van der Waals surface area contributed by atoms with Crippen molar-refractivity contribution in [2.45, 2.75) is 6.54 Å². The van der Waals surface area contributed by atoms with Crippen LogP contribution in [0.5, 0.6) is 5.75 Å². The van der Waals surface area contributed by atoms with Crippen molar-refractivity contribution in [3.63, 3.8) is 0 Å². The van der Waals surface area contributed by atoms with Gasteiger partial charge in [0, 0.05) is 12.1 Å². The Morgan fingerprint density at radius 2 is 1.89 bits per heavy atom. The molecular formula is C13H10Cl2FNO. The van der Waals surface area contributed by atoms with Crippen molar-refractivity contribution in [3.05, 3.63) is 57.8 Å². The minimum atomic E-state index is -0.392. The number of phenolic OH excluding ortho intramolecular Hbond substituents is 1. The summed E-state index contributed by atoms with van der Waals surface area (Å²) < 4.78 is 12.9. The van der Waals surface area contributed by atoms with Crippen LogP contribution in [0.25, 0.3) is 0 Å². The summed E-state index contributed by atoms with van der Waals surface area (Å²) in [7, 11) is 0. The van der Waals surface area contributed by atoms with Crippen LogP contribution >= 0.6 is 23.2 Å². The van der Waals surface area contributed by atoms with E-state index in [1.165, 1.54) is 12.1 Å². The van der Waals surface area contributed by atoms with E-state index in [1.54, 1.807) is 24.3 Å². The summed E-state index contributed by atoms with van der Waals surface area (Å²) in [6, 6.07) is 9.16. The second-order valence-corrected chi connectivity index (χ2v) is 4.54. The zero-order valence-corrected chi connectivity index (χ0v) is 10.8. The van der Waals surface area contributed by atoms with Gasteiger partial charge in [0.05, 0.1) is 15.7 Å². The van der Waals surface area contributed by atoms with E-state index in [9.17, 15) is 9.50 Å². The molecule has 0 heterocycles. The molecule has 0 fully saturated rings. The minimum absolute atomic E-state index is 0.0323. The van der Waals surface area contributed by atoms with Gasteiger partial charge in [0.15, 0.2) is 0 Å². The number of benzene rings is 2. The molecule has 2 N–H and O–H groups in total. The maximum atomic E-state index is 12.9. The van der Waals surface area contributed by atoms with Crippen molar-refractivity contribution in [1.29, 1.82) is 0 Å². The van der Waals surface area contributed by atoms with Crippen LogP contribution in [0.3, 0.4) is 0 Å². The number of phenols is 1. The van der Waals surface area contributed by atoms with Crippen molar-refractivity contribution in [2.24, 2.45) is 0 Å². The summed E-state index contributed by atoms with van der Waals surface area (Å²) in [5, 5.41) is 13.3. The molecule has 94 valence electrons. The molecule has 2 aromatic carbocycles. The van der Waals surface area contributed by atoms with E-state index < -0.39 is 5.82 Å². The van der Waals surface area contributed by atoms with Gasteiger partial charge in [0.2, 0.25) is 0 Å². The lowest BCUT2D eigenvalue weighted by atomic mass is 10.2. The van der Waals surface area contributed by atoms with E-state index in [0.717, 1.165) is 0 Å². The number of nitrogens with one attached hydrogen (secondary N) is 1. The van der Waals surface area contributed by atoms with Crippen molar-refractivity contribution in [3.8, 4) is 5.75 Å². The number of rotatable bonds is 3. The maximum Gasteiger partial charge on any atom is 0.139 e. The molecule has 0 unspecified atom stereocenters. The minimum Gasteiger partial charge on any atom is -0.506 e. The second kappa shape index (κ2) is 5.46. The lowest BCUT2D eigenvalue weighted by Gasteiger charge is -2.10. The Labute approximate surface area is 114 Å². The Balaban J connectivity index is 2.14. The molecule has 18 heavy (non-hydrogen) atoms. The van der Waals surface area contributed by atoms with E-state index in [-0.39, 0.29) is 10.8 Å². The standard InChI is InChI=1S/C13H10Cl2FNO/c14-10-3-1-2-8(13(10)18)7-17-12-5-4-9(16)6-11(12)15/h1-6,17-18H,7H2. The van der Waals surface area contributed by atoms with Gasteiger partial charge in [-0.2, -0.15) is 0 Å². The van der Waals surface area contributed by atoms with Crippen molar-refractivity contribution in [1.82, 2.24) is 0 Å². The van der Waals surface area contributed by atoms with Gasteiger partial charge in [0.1, 0.15) is 11.6 Å². The summed E-state index contributed by atoms with van der Waals surface area (Å²) in [5.74, 6) is -0.360. The fourth-order valence-electron chi connectivity index (χ4n) is 1.53. The molecule has 0 spiro atoms. The molecular weight excluding hydrogens is 276 g/mol. The fourth-order valence-corrected chi connectivity index (χ4v) is 1.95. The highest BCUT2D eigenvalue weighted by Gasteiger charge is 2.06. The largest absolute Gasteiger partial charge is 0.506 e. The highest BCUT2D eigenvalue weighted by Crippen LogP contribution is 2.28. The number of anilines is 1. The lowest BCUT2D eigenvalue weighted by molar-refractivity contribution is 0.469. The van der Waals surface area contributed by atoms with Crippen LogP contribution in [0.4, 0.5) is 10.1 Å². The number of aromatic hydroxyl groups is 1. The Bertz CT molecular complexity index is 575. The number of para-hydroxylation sites is 1. The highest BCUT2D eigenvalue weighted by atomic mass is 35.5. The van der Waals surface area contributed by atoms with Gasteiger partial charge in [-0.3, -0.25) is 0 Å². The molecule has 0 bridgehead atoms. The van der Waals surface area contributed by atoms with Gasteiger partial charge in [-0.1, -0.05) is 35.3 Å². The van der Waals surface area contributed by atoms with E-state index in [2.05, 4.69) is 5.32 Å². The Hall–Kier alpha value is -1.45. The molecule has 0 amide bonds. The third-order valence-corrected chi connectivity index (χ3v) is 3.09. The first-order valence-corrected chi connectivity index (χ1v) is 5.99. The third-order valence-electron chi connectivity index (χ3n) is 2.47. The predicted molar refractivity (Wildman–Crippen MR) is 71.9 cm³/mol. The molecule has 0 aliphatic carbocycles. The number of hydrogen-bond acceptors (Lipinski definition) is 2. The van der Waals surface area contributed by atoms with Crippen molar-refractivity contribution in [2.75, 3.05) is 5.32 Å². The van der Waals surface area contributed by atoms with E-state index in [0.29, 0.717) is 22.8 Å². The van der Waals surface area contributed by atoms with Crippen LogP contribution in [0.2, 0.25) is 10.0 Å². The molecule has 0 radical (unpaired) electrons. The second-order valence-electron chi connectivity index (χ2n) is 3.73. The summed E-state index contributed by atoms with van der Waals surface area (Å²) in [4.78, 5) is 0. The molecule has 0 atom stereocenters. The molecule has 2 rings (SSSR count). The molecule has 5 heteroatoms. The molecule has 2 aromatic rings. The Kier molecular flexibility index (Phi) is 3.94. The lowest BCUT2D eigenvalue weighted by Crippen LogP contribution is -2.00. The Morgan fingerprint density at radius 1 is 1.11 bits per heavy atom. The van der Waals surface area contributed by atoms with Gasteiger partial charge in [-0.05, 0) is 24.3 Å². The van der Waals surface area contributed by atoms with Gasteiger partial charge >= 0.3 is 0 Å². The fraction of sp³-hybridized carbons (Fsp3) is 0.0769. The van der Waals surface area contributed by atoms with Crippen LogP contribution in [0, 0.1) is 5.82 Å². The first kappa shape index (κ1) is 13.0. The maximum absolute atomic E-state index is 12.9. The molecule has 0 aliphatic heterocycles. The normalized spacial score (nSPS) is 10.4. The van der Waals surface area contributed by atoms with Crippen LogP contribution in [0.1, 0.15) is 5.56 Å². The van der Waals surface area contributed by atoms with E-state index in [4.69, 9.17) is 23.2 Å². The summed E-state index contributed by atoms with van der Waals surface area (Å²) in [6.45, 7) is 0.345. The van der Waals surface area contributed by atoms with Crippen LogP contribution in [-0.2, 0) is 6.54 Å². The Morgan fingerprint density at radius 3 is 2.61 bits per heavy atom. The zero-order chi connectivity index (χ0) is 13.1. The van der Waals surface area contributed by atoms with E-state index in [1.807, 2.05) is 0 Å². The molecule has 0 saturated heterocycles. The quantitative estimate of drug-likeness (QED) is 0.873. The van der Waals surface area contributed by atoms with Gasteiger partial charge in [0.25, 0.3) is 0 Å². The SMILES string of the molecule is Oc1c(Cl)cccc1CNc1ccc(F)cc1Cl. The number of halogens is 3. The van der Waals surface area contributed by atoms with Crippen LogP contribution in [-0.4, -0.2) is 5.11 Å². The van der Waals surface area contributed by atoms with E-state index >= 15 is 0 Å². The average Bonchev–Trinajstić information content (AvgIpc) is 2.33. The number of hydrogen-bond donors (Lipinski definition) is 2.